The molecule has 2 aromatic heterocycles. The number of nitrogens with zero attached hydrogens (tertiary/aromatic N) is 6. The Morgan fingerprint density at radius 1 is 1.24 bits per heavy atom. The van der Waals surface area contributed by atoms with E-state index in [0.29, 0.717) is 17.8 Å². The van der Waals surface area contributed by atoms with Gasteiger partial charge in [0.1, 0.15) is 6.61 Å². The highest BCUT2D eigenvalue weighted by Gasteiger charge is 2.36. The second-order valence-corrected chi connectivity index (χ2v) is 7.57. The van der Waals surface area contributed by atoms with Gasteiger partial charge in [-0.1, -0.05) is 6.92 Å². The summed E-state index contributed by atoms with van der Waals surface area (Å²) in [5.74, 6) is 0.263. The maximum Gasteiger partial charge on any atom is 0.417 e. The number of carbonyl (C=O) groups is 1. The van der Waals surface area contributed by atoms with Gasteiger partial charge in [-0.25, -0.2) is 14.7 Å². The third-order valence-electron chi connectivity index (χ3n) is 5.32. The molecule has 1 unspecified atom stereocenters. The Labute approximate surface area is 192 Å². The summed E-state index contributed by atoms with van der Waals surface area (Å²) in [5, 5.41) is 3.09. The minimum absolute atomic E-state index is 0.0181. The monoisotopic (exact) mass is 477 g/mol. The van der Waals surface area contributed by atoms with Crippen molar-refractivity contribution in [1.82, 2.24) is 24.5 Å². The topological polar surface area (TPSA) is 107 Å². The van der Waals surface area contributed by atoms with E-state index < -0.39 is 17.8 Å². The van der Waals surface area contributed by atoms with Crippen molar-refractivity contribution in [2.45, 2.75) is 38.5 Å². The van der Waals surface area contributed by atoms with Crippen LogP contribution in [0.5, 0.6) is 6.01 Å². The van der Waals surface area contributed by atoms with E-state index in [2.05, 4.69) is 25.3 Å². The van der Waals surface area contributed by atoms with Crippen molar-refractivity contribution in [2.24, 2.45) is 0 Å². The minimum atomic E-state index is -4.40. The SMILES string of the molecule is CCC1COC(=O)N1c1nc(N[C@@H](C)c2cn(-c3ccc(C(F)(F)F)cc3)cn2)nc(OC)n1. The number of cyclic esters (lactones) is 1. The molecule has 1 aliphatic heterocycles. The molecule has 10 nitrogen and oxygen atoms in total. The number of ether oxygens (including phenoxy) is 2. The molecule has 34 heavy (non-hydrogen) atoms. The van der Waals surface area contributed by atoms with Gasteiger partial charge in [0.25, 0.3) is 0 Å². The van der Waals surface area contributed by atoms with Gasteiger partial charge in [-0.15, -0.1) is 0 Å². The van der Waals surface area contributed by atoms with Crippen molar-refractivity contribution in [3.05, 3.63) is 48.0 Å². The highest BCUT2D eigenvalue weighted by molar-refractivity contribution is 5.88. The van der Waals surface area contributed by atoms with Crippen LogP contribution in [0.15, 0.2) is 36.8 Å². The molecule has 1 aromatic carbocycles. The van der Waals surface area contributed by atoms with Gasteiger partial charge in [0.2, 0.25) is 11.9 Å². The largest absolute Gasteiger partial charge is 0.467 e. The van der Waals surface area contributed by atoms with Crippen LogP contribution >= 0.6 is 0 Å². The van der Waals surface area contributed by atoms with Crippen molar-refractivity contribution in [3.63, 3.8) is 0 Å². The van der Waals surface area contributed by atoms with E-state index in [9.17, 15) is 18.0 Å². The maximum absolute atomic E-state index is 12.8. The molecule has 0 spiro atoms. The molecule has 3 heterocycles. The Balaban J connectivity index is 1.53. The van der Waals surface area contributed by atoms with E-state index in [4.69, 9.17) is 9.47 Å². The molecule has 1 saturated heterocycles. The van der Waals surface area contributed by atoms with Crippen LogP contribution in [0.1, 0.15) is 37.6 Å². The highest BCUT2D eigenvalue weighted by Crippen LogP contribution is 2.30. The van der Waals surface area contributed by atoms with Gasteiger partial charge in [-0.3, -0.25) is 0 Å². The van der Waals surface area contributed by atoms with Gasteiger partial charge in [0.15, 0.2) is 0 Å². The summed E-state index contributed by atoms with van der Waals surface area (Å²) >= 11 is 0. The summed E-state index contributed by atoms with van der Waals surface area (Å²) in [5.41, 5.74) is 0.396. The average molecular weight is 477 g/mol. The van der Waals surface area contributed by atoms with Crippen LogP contribution in [0.25, 0.3) is 5.69 Å². The average Bonchev–Trinajstić information content (AvgIpc) is 3.45. The molecular weight excluding hydrogens is 455 g/mol. The van der Waals surface area contributed by atoms with Crippen LogP contribution in [0.4, 0.5) is 29.9 Å². The van der Waals surface area contributed by atoms with Gasteiger partial charge in [-0.05, 0) is 37.6 Å². The molecule has 2 atom stereocenters. The van der Waals surface area contributed by atoms with Crippen molar-refractivity contribution in [1.29, 1.82) is 0 Å². The van der Waals surface area contributed by atoms with Crippen LogP contribution in [-0.4, -0.2) is 50.4 Å². The van der Waals surface area contributed by atoms with E-state index in [1.54, 1.807) is 10.8 Å². The second kappa shape index (κ2) is 9.15. The summed E-state index contributed by atoms with van der Waals surface area (Å²) in [7, 11) is 1.40. The molecular formula is C21H22F3N7O3. The summed E-state index contributed by atoms with van der Waals surface area (Å²) in [4.78, 5) is 30.6. The molecule has 4 rings (SSSR count). The van der Waals surface area contributed by atoms with E-state index in [-0.39, 0.29) is 36.6 Å². The van der Waals surface area contributed by atoms with Crippen LogP contribution < -0.4 is 15.0 Å². The fourth-order valence-electron chi connectivity index (χ4n) is 3.41. The molecule has 0 bridgehead atoms. The number of aromatic nitrogens is 5. The summed E-state index contributed by atoms with van der Waals surface area (Å²) < 4.78 is 50.3. The zero-order valence-corrected chi connectivity index (χ0v) is 18.6. The molecule has 13 heteroatoms. The second-order valence-electron chi connectivity index (χ2n) is 7.57. The minimum Gasteiger partial charge on any atom is -0.467 e. The summed E-state index contributed by atoms with van der Waals surface area (Å²) in [6.45, 7) is 3.98. The third-order valence-corrected chi connectivity index (χ3v) is 5.32. The molecule has 0 radical (unpaired) electrons. The first-order valence-corrected chi connectivity index (χ1v) is 10.4. The fraction of sp³-hybridized carbons (Fsp3) is 0.381. The highest BCUT2D eigenvalue weighted by atomic mass is 19.4. The number of nitrogens with one attached hydrogen (secondary N) is 1. The number of carbonyl (C=O) groups excluding carboxylic acids is 1. The number of anilines is 2. The molecule has 1 aliphatic rings. The third kappa shape index (κ3) is 4.72. The smallest absolute Gasteiger partial charge is 0.417 e. The zero-order valence-electron chi connectivity index (χ0n) is 18.6. The molecule has 0 aliphatic carbocycles. The van der Waals surface area contributed by atoms with Crippen LogP contribution in [0, 0.1) is 0 Å². The predicted octanol–water partition coefficient (Wildman–Crippen LogP) is 3.99. The lowest BCUT2D eigenvalue weighted by molar-refractivity contribution is -0.137. The maximum atomic E-state index is 12.8. The van der Waals surface area contributed by atoms with Gasteiger partial charge < -0.3 is 19.4 Å². The number of hydrogen-bond donors (Lipinski definition) is 1. The Kier molecular flexibility index (Phi) is 6.26. The van der Waals surface area contributed by atoms with Crippen LogP contribution in [-0.2, 0) is 10.9 Å². The normalized spacial score (nSPS) is 16.9. The van der Waals surface area contributed by atoms with Crippen molar-refractivity contribution >= 4 is 18.0 Å². The number of imidazole rings is 1. The van der Waals surface area contributed by atoms with Gasteiger partial charge in [0, 0.05) is 11.9 Å². The number of benzene rings is 1. The number of rotatable bonds is 7. The summed E-state index contributed by atoms with van der Waals surface area (Å²) in [6.07, 6.45) is -1.11. The van der Waals surface area contributed by atoms with Crippen LogP contribution in [0.3, 0.4) is 0 Å². The van der Waals surface area contributed by atoms with E-state index in [0.717, 1.165) is 12.1 Å². The van der Waals surface area contributed by atoms with Gasteiger partial charge in [0.05, 0.1) is 36.8 Å². The Morgan fingerprint density at radius 2 is 1.97 bits per heavy atom. The summed E-state index contributed by atoms with van der Waals surface area (Å²) in [6, 6.07) is 4.20. The first-order chi connectivity index (χ1) is 16.2. The van der Waals surface area contributed by atoms with E-state index in [1.807, 2.05) is 13.8 Å². The molecule has 180 valence electrons. The lowest BCUT2D eigenvalue weighted by Gasteiger charge is -2.19. The van der Waals surface area contributed by atoms with Crippen molar-refractivity contribution in [3.8, 4) is 11.7 Å². The molecule has 0 saturated carbocycles. The zero-order chi connectivity index (χ0) is 24.5. The van der Waals surface area contributed by atoms with Crippen molar-refractivity contribution in [2.75, 3.05) is 23.9 Å². The fourth-order valence-corrected chi connectivity index (χ4v) is 3.41. The number of alkyl halides is 3. The number of methoxy groups -OCH3 is 1. The quantitative estimate of drug-likeness (QED) is 0.544. The van der Waals surface area contributed by atoms with E-state index >= 15 is 0 Å². The molecule has 1 amide bonds. The molecule has 1 N–H and O–H groups in total. The number of amides is 1. The van der Waals surface area contributed by atoms with Gasteiger partial charge >= 0.3 is 18.3 Å². The predicted molar refractivity (Wildman–Crippen MR) is 115 cm³/mol. The lowest BCUT2D eigenvalue weighted by Crippen LogP contribution is -2.34. The Bertz CT molecular complexity index is 1170. The lowest BCUT2D eigenvalue weighted by atomic mass is 10.2. The van der Waals surface area contributed by atoms with Crippen LogP contribution in [0.2, 0.25) is 0 Å². The standard InChI is InChI=1S/C21H22F3N7O3/c1-4-14-10-34-20(32)31(14)18-27-17(28-19(29-18)33-3)26-12(2)16-9-30(11-25-16)15-7-5-13(6-8-15)21(22,23)24/h5-9,11-12,14H,4,10H2,1-3H3,(H,26,27,28,29)/t12-,14?/m0/s1. The molecule has 3 aromatic rings. The van der Waals surface area contributed by atoms with E-state index in [1.165, 1.54) is 30.5 Å². The number of halogens is 3. The number of hydrogen-bond acceptors (Lipinski definition) is 8. The Morgan fingerprint density at radius 3 is 2.62 bits per heavy atom. The molecule has 1 fully saturated rings. The first kappa shape index (κ1) is 23.3. The Hall–Kier alpha value is -3.90. The van der Waals surface area contributed by atoms with Gasteiger partial charge in [-0.2, -0.15) is 28.1 Å². The van der Waals surface area contributed by atoms with Crippen molar-refractivity contribution < 1.29 is 27.4 Å². The first-order valence-electron chi connectivity index (χ1n) is 10.4.